The van der Waals surface area contributed by atoms with E-state index in [-0.39, 0.29) is 16.6 Å². The molecule has 108 valence electrons. The number of carboxylic acid groups (broad SMARTS) is 1. The van der Waals surface area contributed by atoms with E-state index in [2.05, 4.69) is 21.2 Å². The first-order valence-corrected chi connectivity index (χ1v) is 6.86. The van der Waals surface area contributed by atoms with Crippen LogP contribution in [0.4, 0.5) is 14.5 Å². The van der Waals surface area contributed by atoms with Crippen molar-refractivity contribution in [3.63, 3.8) is 0 Å². The van der Waals surface area contributed by atoms with Gasteiger partial charge in [-0.05, 0) is 41.3 Å². The van der Waals surface area contributed by atoms with E-state index in [0.717, 1.165) is 12.1 Å². The molecule has 0 spiro atoms. The van der Waals surface area contributed by atoms with E-state index in [1.54, 1.807) is 0 Å². The van der Waals surface area contributed by atoms with Crippen molar-refractivity contribution in [3.05, 3.63) is 28.2 Å². The first-order valence-electron chi connectivity index (χ1n) is 6.06. The zero-order valence-electron chi connectivity index (χ0n) is 10.3. The van der Waals surface area contributed by atoms with E-state index in [4.69, 9.17) is 5.11 Å². The van der Waals surface area contributed by atoms with E-state index in [1.165, 1.54) is 0 Å². The Balaban J connectivity index is 2.06. The molecular weight excluding hydrogens is 336 g/mol. The SMILES string of the molecule is O=C(O)[C@H]1CC[C@@H](C(=O)Nc2cc(F)c(Br)cc2F)C1. The number of rotatable bonds is 3. The van der Waals surface area contributed by atoms with Crippen LogP contribution in [0.3, 0.4) is 0 Å². The number of anilines is 1. The summed E-state index contributed by atoms with van der Waals surface area (Å²) in [4.78, 5) is 22.7. The van der Waals surface area contributed by atoms with Gasteiger partial charge in [-0.25, -0.2) is 8.78 Å². The smallest absolute Gasteiger partial charge is 0.306 e. The van der Waals surface area contributed by atoms with Gasteiger partial charge in [0.1, 0.15) is 11.6 Å². The zero-order chi connectivity index (χ0) is 14.9. The fourth-order valence-electron chi connectivity index (χ4n) is 2.30. The van der Waals surface area contributed by atoms with Crippen LogP contribution < -0.4 is 5.32 Å². The molecule has 1 aromatic carbocycles. The average molecular weight is 348 g/mol. The third-order valence-electron chi connectivity index (χ3n) is 3.42. The van der Waals surface area contributed by atoms with E-state index < -0.39 is 35.3 Å². The van der Waals surface area contributed by atoms with Crippen LogP contribution in [-0.2, 0) is 9.59 Å². The van der Waals surface area contributed by atoms with Crippen molar-refractivity contribution in [3.8, 4) is 0 Å². The van der Waals surface area contributed by atoms with Gasteiger partial charge in [-0.15, -0.1) is 0 Å². The number of carbonyl (C=O) groups is 2. The minimum atomic E-state index is -0.929. The summed E-state index contributed by atoms with van der Waals surface area (Å²) < 4.78 is 26.9. The Hall–Kier alpha value is -1.50. The van der Waals surface area contributed by atoms with E-state index in [9.17, 15) is 18.4 Å². The molecule has 0 bridgehead atoms. The van der Waals surface area contributed by atoms with Crippen LogP contribution in [0, 0.1) is 23.5 Å². The summed E-state index contributed by atoms with van der Waals surface area (Å²) in [6, 6.07) is 1.82. The molecule has 1 aliphatic rings. The number of aliphatic carboxylic acids is 1. The van der Waals surface area contributed by atoms with Crippen molar-refractivity contribution in [2.24, 2.45) is 11.8 Å². The Bertz CT molecular complexity index is 565. The van der Waals surface area contributed by atoms with E-state index in [0.29, 0.717) is 12.8 Å². The van der Waals surface area contributed by atoms with Crippen LogP contribution in [-0.4, -0.2) is 17.0 Å². The number of halogens is 3. The summed E-state index contributed by atoms with van der Waals surface area (Å²) in [5.41, 5.74) is -0.241. The first kappa shape index (κ1) is 14.9. The third-order valence-corrected chi connectivity index (χ3v) is 4.03. The van der Waals surface area contributed by atoms with Gasteiger partial charge in [0.05, 0.1) is 16.1 Å². The monoisotopic (exact) mass is 347 g/mol. The number of carbonyl (C=O) groups excluding carboxylic acids is 1. The summed E-state index contributed by atoms with van der Waals surface area (Å²) in [5, 5.41) is 11.2. The lowest BCUT2D eigenvalue weighted by Crippen LogP contribution is -2.22. The van der Waals surface area contributed by atoms with Gasteiger partial charge in [-0.1, -0.05) is 0 Å². The number of hydrogen-bond acceptors (Lipinski definition) is 2. The number of nitrogens with one attached hydrogen (secondary N) is 1. The second kappa shape index (κ2) is 5.87. The molecule has 0 heterocycles. The molecule has 0 aliphatic heterocycles. The van der Waals surface area contributed by atoms with Crippen LogP contribution in [0.1, 0.15) is 19.3 Å². The van der Waals surface area contributed by atoms with Crippen LogP contribution in [0.5, 0.6) is 0 Å². The highest BCUT2D eigenvalue weighted by atomic mass is 79.9. The molecule has 2 rings (SSSR count). The summed E-state index contributed by atoms with van der Waals surface area (Å²) in [6.07, 6.45) is 1.08. The first-order chi connectivity index (χ1) is 9.38. The molecule has 1 fully saturated rings. The van der Waals surface area contributed by atoms with Gasteiger partial charge >= 0.3 is 5.97 Å². The quantitative estimate of drug-likeness (QED) is 0.825. The summed E-state index contributed by atoms with van der Waals surface area (Å²) in [5.74, 6) is -3.87. The van der Waals surface area contributed by atoms with Gasteiger partial charge in [0.25, 0.3) is 0 Å². The summed E-state index contributed by atoms with van der Waals surface area (Å²) >= 11 is 2.84. The van der Waals surface area contributed by atoms with E-state index in [1.807, 2.05) is 0 Å². The van der Waals surface area contributed by atoms with Gasteiger partial charge in [-0.2, -0.15) is 0 Å². The highest BCUT2D eigenvalue weighted by molar-refractivity contribution is 9.10. The molecule has 1 aliphatic carbocycles. The Kier molecular flexibility index (Phi) is 4.37. The fraction of sp³-hybridized carbons (Fsp3) is 0.385. The molecule has 1 amide bonds. The van der Waals surface area contributed by atoms with Crippen LogP contribution in [0.15, 0.2) is 16.6 Å². The van der Waals surface area contributed by atoms with Gasteiger partial charge in [-0.3, -0.25) is 9.59 Å². The minimum absolute atomic E-state index is 0.0280. The van der Waals surface area contributed by atoms with Gasteiger partial charge in [0.2, 0.25) is 5.91 Å². The lowest BCUT2D eigenvalue weighted by Gasteiger charge is -2.12. The van der Waals surface area contributed by atoms with Crippen LogP contribution in [0.25, 0.3) is 0 Å². The molecule has 0 radical (unpaired) electrons. The molecule has 20 heavy (non-hydrogen) atoms. The van der Waals surface area contributed by atoms with Crippen molar-refractivity contribution >= 4 is 33.5 Å². The van der Waals surface area contributed by atoms with Crippen molar-refractivity contribution < 1.29 is 23.5 Å². The summed E-state index contributed by atoms with van der Waals surface area (Å²) in [7, 11) is 0. The van der Waals surface area contributed by atoms with E-state index >= 15 is 0 Å². The maximum absolute atomic E-state index is 13.6. The minimum Gasteiger partial charge on any atom is -0.481 e. The standard InChI is InChI=1S/C13H12BrF2NO3/c14-8-4-10(16)11(5-9(8)15)17-12(18)6-1-2-7(3-6)13(19)20/h4-7H,1-3H2,(H,17,18)(H,19,20)/t6-,7+/m1/s1. The van der Waals surface area contributed by atoms with Gasteiger partial charge in [0.15, 0.2) is 0 Å². The predicted octanol–water partition coefficient (Wildman–Crippen LogP) is 3.17. The zero-order valence-corrected chi connectivity index (χ0v) is 11.9. The van der Waals surface area contributed by atoms with Crippen molar-refractivity contribution in [1.29, 1.82) is 0 Å². The Morgan fingerprint density at radius 1 is 1.20 bits per heavy atom. The fourth-order valence-corrected chi connectivity index (χ4v) is 2.61. The Labute approximate surface area is 122 Å². The molecule has 2 atom stereocenters. The predicted molar refractivity (Wildman–Crippen MR) is 71.2 cm³/mol. The Morgan fingerprint density at radius 2 is 1.85 bits per heavy atom. The maximum atomic E-state index is 13.6. The van der Waals surface area contributed by atoms with Crippen LogP contribution >= 0.6 is 15.9 Å². The largest absolute Gasteiger partial charge is 0.481 e. The van der Waals surface area contributed by atoms with Crippen LogP contribution in [0.2, 0.25) is 0 Å². The molecule has 4 nitrogen and oxygen atoms in total. The molecule has 0 saturated heterocycles. The Morgan fingerprint density at radius 3 is 2.45 bits per heavy atom. The lowest BCUT2D eigenvalue weighted by molar-refractivity contribution is -0.141. The normalized spacial score (nSPS) is 21.8. The third kappa shape index (κ3) is 3.15. The van der Waals surface area contributed by atoms with Crippen molar-refractivity contribution in [1.82, 2.24) is 0 Å². The molecule has 1 aromatic rings. The average Bonchev–Trinajstić information content (AvgIpc) is 2.85. The highest BCUT2D eigenvalue weighted by Crippen LogP contribution is 2.32. The number of benzene rings is 1. The second-order valence-corrected chi connectivity index (χ2v) is 5.63. The van der Waals surface area contributed by atoms with Gasteiger partial charge < -0.3 is 10.4 Å². The topological polar surface area (TPSA) is 66.4 Å². The molecule has 1 saturated carbocycles. The molecular formula is C13H12BrF2NO3. The highest BCUT2D eigenvalue weighted by Gasteiger charge is 2.34. The van der Waals surface area contributed by atoms with Crippen molar-refractivity contribution in [2.75, 3.05) is 5.32 Å². The molecule has 0 unspecified atom stereocenters. The molecule has 7 heteroatoms. The van der Waals surface area contributed by atoms with Gasteiger partial charge in [0, 0.05) is 12.0 Å². The number of carboxylic acids is 1. The second-order valence-electron chi connectivity index (χ2n) is 4.78. The summed E-state index contributed by atoms with van der Waals surface area (Å²) in [6.45, 7) is 0. The number of amides is 1. The maximum Gasteiger partial charge on any atom is 0.306 e. The number of hydrogen-bond donors (Lipinski definition) is 2. The molecule has 2 N–H and O–H groups in total. The lowest BCUT2D eigenvalue weighted by atomic mass is 10.0. The van der Waals surface area contributed by atoms with Crippen molar-refractivity contribution in [2.45, 2.75) is 19.3 Å². The molecule has 0 aromatic heterocycles.